The Hall–Kier alpha value is -1.64. The average molecular weight is 277 g/mol. The number of nitrogens with two attached hydrogens (primary N) is 1. The third-order valence-corrected chi connectivity index (χ3v) is 2.46. The van der Waals surface area contributed by atoms with E-state index in [0.29, 0.717) is 0 Å². The Morgan fingerprint density at radius 2 is 1.84 bits per heavy atom. The molecule has 1 unspecified atom stereocenters. The number of carboxylic acid groups (broad SMARTS) is 1. The third-order valence-electron chi connectivity index (χ3n) is 2.46. The van der Waals surface area contributed by atoms with E-state index in [9.17, 15) is 19.7 Å². The zero-order valence-corrected chi connectivity index (χ0v) is 9.41. The molecule has 0 fully saturated rings. The molecule has 0 saturated heterocycles. The van der Waals surface area contributed by atoms with E-state index in [4.69, 9.17) is 10.8 Å². The first-order chi connectivity index (χ1) is 8.27. The topological polar surface area (TPSA) is 136 Å². The van der Waals surface area contributed by atoms with Gasteiger partial charge in [-0.15, -0.1) is 0 Å². The predicted molar refractivity (Wildman–Crippen MR) is 68.0 cm³/mol. The molecule has 1 aromatic rings. The Bertz CT molecular complexity index is 504. The van der Waals surface area contributed by atoms with E-state index in [-0.39, 0.29) is 40.8 Å². The fraction of sp³-hybridized carbons (Fsp3) is 0.200. The Balaban J connectivity index is 0.00000324. The van der Waals surface area contributed by atoms with Gasteiger partial charge in [0.15, 0.2) is 5.54 Å². The standard InChI is InChI=1S/C10H11N3O5.Na.H/c1-10(8(14)15,12-9(11)16)6-2-4-7(5-3-6)13(17)18;;/h2-5H,1H3,(H,14,15)(H3,11,12,16);;. The van der Waals surface area contributed by atoms with Crippen LogP contribution in [0, 0.1) is 10.1 Å². The molecule has 2 amide bonds. The quantitative estimate of drug-likeness (QED) is 0.401. The fourth-order valence-electron chi connectivity index (χ4n) is 1.41. The Morgan fingerprint density at radius 1 is 1.37 bits per heavy atom. The van der Waals surface area contributed by atoms with Crippen molar-refractivity contribution >= 4 is 47.2 Å². The van der Waals surface area contributed by atoms with Crippen molar-refractivity contribution in [2.75, 3.05) is 0 Å². The van der Waals surface area contributed by atoms with Gasteiger partial charge in [-0.1, -0.05) is 0 Å². The number of carboxylic acids is 1. The van der Waals surface area contributed by atoms with Crippen molar-refractivity contribution in [3.05, 3.63) is 39.9 Å². The Kier molecular flexibility index (Phi) is 5.94. The molecule has 8 nitrogen and oxygen atoms in total. The van der Waals surface area contributed by atoms with Gasteiger partial charge in [0.05, 0.1) is 4.92 Å². The van der Waals surface area contributed by atoms with Gasteiger partial charge in [-0.3, -0.25) is 10.1 Å². The number of hydrogen-bond donors (Lipinski definition) is 3. The summed E-state index contributed by atoms with van der Waals surface area (Å²) in [6.07, 6.45) is 0. The first kappa shape index (κ1) is 17.4. The van der Waals surface area contributed by atoms with Gasteiger partial charge in [0, 0.05) is 12.1 Å². The first-order valence-electron chi connectivity index (χ1n) is 4.83. The number of non-ortho nitro benzene ring substituents is 1. The number of primary amides is 1. The van der Waals surface area contributed by atoms with Crippen LogP contribution >= 0.6 is 0 Å². The average Bonchev–Trinajstić information content (AvgIpc) is 2.27. The van der Waals surface area contributed by atoms with E-state index in [0.717, 1.165) is 12.1 Å². The van der Waals surface area contributed by atoms with Gasteiger partial charge >= 0.3 is 41.6 Å². The van der Waals surface area contributed by atoms with Gasteiger partial charge in [-0.05, 0) is 24.6 Å². The molecule has 98 valence electrons. The molecule has 1 aromatic carbocycles. The van der Waals surface area contributed by atoms with E-state index in [1.54, 1.807) is 0 Å². The molecule has 0 aliphatic carbocycles. The normalized spacial score (nSPS) is 12.7. The fourth-order valence-corrected chi connectivity index (χ4v) is 1.41. The molecule has 9 heteroatoms. The molecule has 0 aliphatic heterocycles. The van der Waals surface area contributed by atoms with Crippen LogP contribution in [0.1, 0.15) is 12.5 Å². The molecule has 1 rings (SSSR count). The van der Waals surface area contributed by atoms with Crippen molar-refractivity contribution in [3.8, 4) is 0 Å². The molecule has 0 aliphatic rings. The summed E-state index contributed by atoms with van der Waals surface area (Å²) in [4.78, 5) is 31.8. The number of rotatable bonds is 4. The third kappa shape index (κ3) is 3.91. The molecule has 0 bridgehead atoms. The van der Waals surface area contributed by atoms with Crippen LogP contribution in [0.5, 0.6) is 0 Å². The van der Waals surface area contributed by atoms with Gasteiger partial charge in [0.2, 0.25) is 0 Å². The van der Waals surface area contributed by atoms with Gasteiger partial charge in [-0.25, -0.2) is 9.59 Å². The second-order valence-electron chi connectivity index (χ2n) is 3.72. The van der Waals surface area contributed by atoms with E-state index in [2.05, 4.69) is 5.32 Å². The Morgan fingerprint density at radius 3 is 2.16 bits per heavy atom. The number of carbonyl (C=O) groups is 2. The maximum atomic E-state index is 11.2. The van der Waals surface area contributed by atoms with Crippen LogP contribution < -0.4 is 11.1 Å². The SMILES string of the molecule is CC(NC(N)=O)(C(=O)O)c1ccc([N+](=O)[O-])cc1.[NaH]. The van der Waals surface area contributed by atoms with Crippen LogP contribution in [-0.2, 0) is 10.3 Å². The second kappa shape index (κ2) is 6.50. The summed E-state index contributed by atoms with van der Waals surface area (Å²) in [5.74, 6) is -1.32. The van der Waals surface area contributed by atoms with Crippen LogP contribution in [0.4, 0.5) is 10.5 Å². The van der Waals surface area contributed by atoms with Crippen LogP contribution in [0.15, 0.2) is 24.3 Å². The zero-order valence-electron chi connectivity index (χ0n) is 9.41. The molecule has 0 aromatic heterocycles. The van der Waals surface area contributed by atoms with Gasteiger partial charge in [-0.2, -0.15) is 0 Å². The molecular formula is C10H12N3NaO5. The van der Waals surface area contributed by atoms with Gasteiger partial charge in [0.1, 0.15) is 0 Å². The molecule has 0 saturated carbocycles. The predicted octanol–water partition coefficient (Wildman–Crippen LogP) is -0.0856. The van der Waals surface area contributed by atoms with Gasteiger partial charge < -0.3 is 16.2 Å². The number of amides is 2. The summed E-state index contributed by atoms with van der Waals surface area (Å²) in [6.45, 7) is 1.24. The van der Waals surface area contributed by atoms with Crippen LogP contribution in [0.2, 0.25) is 0 Å². The van der Waals surface area contributed by atoms with E-state index in [1.807, 2.05) is 0 Å². The summed E-state index contributed by atoms with van der Waals surface area (Å²) in [7, 11) is 0. The summed E-state index contributed by atoms with van der Waals surface area (Å²) in [6, 6.07) is 3.81. The van der Waals surface area contributed by atoms with E-state index in [1.165, 1.54) is 19.1 Å². The molecule has 0 heterocycles. The first-order valence-corrected chi connectivity index (χ1v) is 4.83. The van der Waals surface area contributed by atoms with Crippen molar-refractivity contribution in [1.29, 1.82) is 0 Å². The number of nitrogens with zero attached hydrogens (tertiary/aromatic N) is 1. The van der Waals surface area contributed by atoms with Crippen molar-refractivity contribution < 1.29 is 19.6 Å². The van der Waals surface area contributed by atoms with Gasteiger partial charge in [0.25, 0.3) is 5.69 Å². The number of carbonyl (C=O) groups excluding carboxylic acids is 1. The maximum absolute atomic E-state index is 11.2. The summed E-state index contributed by atoms with van der Waals surface area (Å²) < 4.78 is 0. The molecule has 0 spiro atoms. The van der Waals surface area contributed by atoms with Crippen molar-refractivity contribution in [3.63, 3.8) is 0 Å². The van der Waals surface area contributed by atoms with Crippen LogP contribution in [0.25, 0.3) is 0 Å². The minimum atomic E-state index is -1.74. The summed E-state index contributed by atoms with van der Waals surface area (Å²) in [5.41, 5.74) is 3.18. The van der Waals surface area contributed by atoms with Crippen molar-refractivity contribution in [2.45, 2.75) is 12.5 Å². The number of nitro benzene ring substituents is 1. The van der Waals surface area contributed by atoms with Crippen LogP contribution in [-0.4, -0.2) is 51.6 Å². The van der Waals surface area contributed by atoms with Crippen LogP contribution in [0.3, 0.4) is 0 Å². The van der Waals surface area contributed by atoms with E-state index >= 15 is 0 Å². The van der Waals surface area contributed by atoms with E-state index < -0.39 is 22.5 Å². The molecule has 1 atom stereocenters. The minimum absolute atomic E-state index is 0. The van der Waals surface area contributed by atoms with Crippen molar-refractivity contribution in [1.82, 2.24) is 5.32 Å². The second-order valence-corrected chi connectivity index (χ2v) is 3.72. The Labute approximate surface area is 130 Å². The molecule has 19 heavy (non-hydrogen) atoms. The monoisotopic (exact) mass is 277 g/mol. The molecule has 0 radical (unpaired) electrons. The number of aliphatic carboxylic acids is 1. The zero-order chi connectivity index (χ0) is 13.9. The molecular weight excluding hydrogens is 265 g/mol. The number of nitrogens with one attached hydrogen (secondary N) is 1. The number of benzene rings is 1. The number of hydrogen-bond acceptors (Lipinski definition) is 4. The summed E-state index contributed by atoms with van der Waals surface area (Å²) >= 11 is 0. The number of nitro groups is 1. The number of urea groups is 1. The molecule has 4 N–H and O–H groups in total. The van der Waals surface area contributed by atoms with Crippen molar-refractivity contribution in [2.24, 2.45) is 5.73 Å². The summed E-state index contributed by atoms with van der Waals surface area (Å²) in [5, 5.41) is 21.7.